The molecule has 1 saturated heterocycles. The molecule has 0 unspecified atom stereocenters. The molecule has 14 heteroatoms. The lowest BCUT2D eigenvalue weighted by Crippen LogP contribution is -2.44. The van der Waals surface area contributed by atoms with Crippen LogP contribution in [0.3, 0.4) is 0 Å². The van der Waals surface area contributed by atoms with Gasteiger partial charge in [-0.1, -0.05) is 6.58 Å². The summed E-state index contributed by atoms with van der Waals surface area (Å²) in [4.78, 5) is 87.3. The van der Waals surface area contributed by atoms with Crippen LogP contribution in [-0.4, -0.2) is 95.1 Å². The van der Waals surface area contributed by atoms with E-state index in [0.29, 0.717) is 0 Å². The first kappa shape index (κ1) is 23.5. The summed E-state index contributed by atoms with van der Waals surface area (Å²) in [6.07, 6.45) is -0.688. The fraction of sp³-hybridized carbons (Fsp3) is 0.467. The third kappa shape index (κ3) is 9.83. The third-order valence-electron chi connectivity index (χ3n) is 3.24. The molecular formula is C15H18N2O12. The van der Waals surface area contributed by atoms with E-state index in [1.165, 1.54) is 0 Å². The SMILES string of the molecule is C=C1CC(=O)OOC(=O)CN(CCN(CC(=O)O)CC(=O)O)CC(=O)OOC1=O. The monoisotopic (exact) mass is 418 g/mol. The van der Waals surface area contributed by atoms with Crippen molar-refractivity contribution in [3.63, 3.8) is 0 Å². The number of carbonyl (C=O) groups is 6. The predicted octanol–water partition coefficient (Wildman–Crippen LogP) is -2.28. The Hall–Kier alpha value is -3.52. The van der Waals surface area contributed by atoms with Gasteiger partial charge in [0, 0.05) is 18.7 Å². The molecule has 0 amide bonds. The van der Waals surface area contributed by atoms with E-state index in [1.54, 1.807) is 0 Å². The van der Waals surface area contributed by atoms with Crippen LogP contribution in [0, 0.1) is 0 Å². The topological polar surface area (TPSA) is 186 Å². The molecule has 0 radical (unpaired) electrons. The molecule has 29 heavy (non-hydrogen) atoms. The van der Waals surface area contributed by atoms with E-state index < -0.39 is 74.0 Å². The minimum absolute atomic E-state index is 0.171. The van der Waals surface area contributed by atoms with Gasteiger partial charge in [-0.3, -0.25) is 19.4 Å². The minimum Gasteiger partial charge on any atom is -0.480 e. The van der Waals surface area contributed by atoms with Crippen LogP contribution in [0.25, 0.3) is 0 Å². The number of hydrogen-bond donors (Lipinski definition) is 2. The number of rotatable bonds is 7. The molecule has 0 saturated carbocycles. The van der Waals surface area contributed by atoms with Crippen LogP contribution in [0.1, 0.15) is 6.42 Å². The van der Waals surface area contributed by atoms with Crippen molar-refractivity contribution >= 4 is 35.8 Å². The molecule has 1 aliphatic heterocycles. The Labute approximate surface area is 163 Å². The number of carboxylic acid groups (broad SMARTS) is 2. The average molecular weight is 418 g/mol. The Morgan fingerprint density at radius 3 is 1.90 bits per heavy atom. The largest absolute Gasteiger partial charge is 0.480 e. The normalized spacial score (nSPS) is 17.2. The van der Waals surface area contributed by atoms with Crippen LogP contribution in [-0.2, 0) is 48.3 Å². The quantitative estimate of drug-likeness (QED) is 0.332. The highest BCUT2D eigenvalue weighted by atomic mass is 17.2. The van der Waals surface area contributed by atoms with Crippen LogP contribution < -0.4 is 0 Å². The van der Waals surface area contributed by atoms with Gasteiger partial charge in [0.25, 0.3) is 0 Å². The first-order valence-electron chi connectivity index (χ1n) is 7.94. The molecule has 2 N–H and O–H groups in total. The minimum atomic E-state index is -1.28. The molecule has 1 heterocycles. The van der Waals surface area contributed by atoms with E-state index in [0.717, 1.165) is 9.80 Å². The lowest BCUT2D eigenvalue weighted by atomic mass is 10.2. The Balaban J connectivity index is 2.83. The molecule has 0 spiro atoms. The van der Waals surface area contributed by atoms with Gasteiger partial charge in [-0.15, -0.1) is 0 Å². The second kappa shape index (κ2) is 11.4. The Kier molecular flexibility index (Phi) is 9.21. The summed E-state index contributed by atoms with van der Waals surface area (Å²) in [6.45, 7) is 0.451. The van der Waals surface area contributed by atoms with E-state index in [1.807, 2.05) is 0 Å². The number of carbonyl (C=O) groups excluding carboxylic acids is 4. The number of carboxylic acids is 2. The summed E-state index contributed by atoms with van der Waals surface area (Å²) in [5.41, 5.74) is -0.423. The van der Waals surface area contributed by atoms with Crippen LogP contribution in [0.15, 0.2) is 12.2 Å². The zero-order valence-corrected chi connectivity index (χ0v) is 15.0. The van der Waals surface area contributed by atoms with Crippen molar-refractivity contribution in [3.8, 4) is 0 Å². The molecule has 1 rings (SSSR count). The van der Waals surface area contributed by atoms with Crippen molar-refractivity contribution in [3.05, 3.63) is 12.2 Å². The molecule has 0 aromatic carbocycles. The van der Waals surface area contributed by atoms with Gasteiger partial charge in [-0.25, -0.2) is 38.7 Å². The Bertz CT molecular complexity index is 687. The van der Waals surface area contributed by atoms with Crippen LogP contribution in [0.4, 0.5) is 0 Å². The predicted molar refractivity (Wildman–Crippen MR) is 86.3 cm³/mol. The van der Waals surface area contributed by atoms with Crippen LogP contribution in [0.2, 0.25) is 0 Å². The van der Waals surface area contributed by atoms with Gasteiger partial charge in [-0.2, -0.15) is 0 Å². The van der Waals surface area contributed by atoms with Crippen molar-refractivity contribution in [2.45, 2.75) is 6.42 Å². The summed E-state index contributed by atoms with van der Waals surface area (Å²) in [7, 11) is 0. The van der Waals surface area contributed by atoms with Gasteiger partial charge in [0.15, 0.2) is 0 Å². The lowest BCUT2D eigenvalue weighted by Gasteiger charge is -2.23. The number of hydrogen-bond acceptors (Lipinski definition) is 12. The molecular weight excluding hydrogens is 400 g/mol. The molecule has 0 aromatic rings. The standard InChI is InChI=1S/C15H18N2O12/c1-9-4-12(22)26-27-13(23)7-17(8-14(24)28-29-15(9)25)3-2-16(5-10(18)19)6-11(20)21/h1-8H2,(H,18,19)(H,20,21). The molecule has 0 aromatic heterocycles. The van der Waals surface area contributed by atoms with Crippen LogP contribution >= 0.6 is 0 Å². The van der Waals surface area contributed by atoms with Gasteiger partial charge in [0.2, 0.25) is 0 Å². The molecule has 1 fully saturated rings. The van der Waals surface area contributed by atoms with Crippen molar-refractivity contribution < 1.29 is 58.5 Å². The van der Waals surface area contributed by atoms with Gasteiger partial charge in [0.1, 0.15) is 13.1 Å². The van der Waals surface area contributed by atoms with Gasteiger partial charge >= 0.3 is 35.8 Å². The second-order valence-corrected chi connectivity index (χ2v) is 5.73. The summed E-state index contributed by atoms with van der Waals surface area (Å²) < 4.78 is 0. The first-order valence-corrected chi connectivity index (χ1v) is 7.94. The van der Waals surface area contributed by atoms with E-state index in [4.69, 9.17) is 10.2 Å². The van der Waals surface area contributed by atoms with Gasteiger partial charge < -0.3 is 10.2 Å². The van der Waals surface area contributed by atoms with E-state index in [2.05, 4.69) is 26.1 Å². The fourth-order valence-corrected chi connectivity index (χ4v) is 2.02. The summed E-state index contributed by atoms with van der Waals surface area (Å²) >= 11 is 0. The lowest BCUT2D eigenvalue weighted by molar-refractivity contribution is -0.259. The van der Waals surface area contributed by atoms with E-state index in [9.17, 15) is 28.8 Å². The van der Waals surface area contributed by atoms with Crippen molar-refractivity contribution in [2.24, 2.45) is 0 Å². The maximum absolute atomic E-state index is 11.8. The molecule has 14 nitrogen and oxygen atoms in total. The molecule has 0 atom stereocenters. The summed E-state index contributed by atoms with van der Waals surface area (Å²) in [6, 6.07) is 0. The summed E-state index contributed by atoms with van der Waals surface area (Å²) in [5, 5.41) is 17.6. The maximum Gasteiger partial charge on any atom is 0.382 e. The first-order chi connectivity index (χ1) is 13.6. The highest BCUT2D eigenvalue weighted by Crippen LogP contribution is 2.06. The van der Waals surface area contributed by atoms with Crippen molar-refractivity contribution in [1.29, 1.82) is 0 Å². The molecule has 0 bridgehead atoms. The van der Waals surface area contributed by atoms with E-state index >= 15 is 0 Å². The zero-order valence-electron chi connectivity index (χ0n) is 15.0. The number of nitrogens with zero attached hydrogens (tertiary/aromatic N) is 2. The average Bonchev–Trinajstić information content (AvgIpc) is 2.61. The highest BCUT2D eigenvalue weighted by molar-refractivity contribution is 5.93. The van der Waals surface area contributed by atoms with Crippen LogP contribution in [0.5, 0.6) is 0 Å². The highest BCUT2D eigenvalue weighted by Gasteiger charge is 2.24. The fourth-order valence-electron chi connectivity index (χ4n) is 2.02. The third-order valence-corrected chi connectivity index (χ3v) is 3.24. The van der Waals surface area contributed by atoms with Crippen molar-refractivity contribution in [2.75, 3.05) is 39.3 Å². The zero-order chi connectivity index (χ0) is 22.0. The van der Waals surface area contributed by atoms with Gasteiger partial charge in [-0.05, 0) is 0 Å². The maximum atomic E-state index is 11.8. The van der Waals surface area contributed by atoms with E-state index in [-0.39, 0.29) is 13.1 Å². The molecule has 160 valence electrons. The van der Waals surface area contributed by atoms with Crippen molar-refractivity contribution in [1.82, 2.24) is 9.80 Å². The second-order valence-electron chi connectivity index (χ2n) is 5.73. The molecule has 0 aliphatic carbocycles. The summed E-state index contributed by atoms with van der Waals surface area (Å²) in [5.74, 6) is -7.11. The Morgan fingerprint density at radius 2 is 1.38 bits per heavy atom. The smallest absolute Gasteiger partial charge is 0.382 e. The number of aliphatic carboxylic acids is 2. The molecule has 1 aliphatic rings. The van der Waals surface area contributed by atoms with Gasteiger partial charge in [0.05, 0.1) is 19.5 Å². The Morgan fingerprint density at radius 1 is 0.897 bits per heavy atom.